The van der Waals surface area contributed by atoms with Crippen molar-refractivity contribution in [1.82, 2.24) is 4.57 Å². The van der Waals surface area contributed by atoms with E-state index in [1.807, 2.05) is 25.1 Å². The Morgan fingerprint density at radius 3 is 2.65 bits per heavy atom. The van der Waals surface area contributed by atoms with E-state index in [1.165, 1.54) is 23.5 Å². The molecule has 0 atom stereocenters. The highest BCUT2D eigenvalue weighted by Crippen LogP contribution is 2.38. The molecular formula is C18H22N2O3. The second kappa shape index (κ2) is 6.36. The molecule has 5 heteroatoms. The first kappa shape index (κ1) is 15.5. The van der Waals surface area contributed by atoms with Gasteiger partial charge >= 0.3 is 0 Å². The maximum Gasteiger partial charge on any atom is 0.254 e. The summed E-state index contributed by atoms with van der Waals surface area (Å²) in [7, 11) is 1.72. The minimum Gasteiger partial charge on any atom is -0.493 e. The third-order valence-electron chi connectivity index (χ3n) is 3.96. The molecule has 0 saturated heterocycles. The number of aryl methyl sites for hydroxylation is 1. The standard InChI is InChI=1S/C18H22N2O3/c1-3-22-17-9-18(21)20(2)10-15(17)14-8-13(19)6-7-16(14)23-11-12-4-5-12/h6-10,12H,3-5,11,19H2,1-2H3. The molecule has 23 heavy (non-hydrogen) atoms. The molecule has 1 fully saturated rings. The second-order valence-corrected chi connectivity index (χ2v) is 5.94. The monoisotopic (exact) mass is 314 g/mol. The Labute approximate surface area is 135 Å². The van der Waals surface area contributed by atoms with Gasteiger partial charge in [-0.2, -0.15) is 0 Å². The number of nitrogens with zero attached hydrogens (tertiary/aromatic N) is 1. The number of pyridine rings is 1. The average molecular weight is 314 g/mol. The predicted molar refractivity (Wildman–Crippen MR) is 90.9 cm³/mol. The van der Waals surface area contributed by atoms with Gasteiger partial charge in [-0.05, 0) is 43.9 Å². The van der Waals surface area contributed by atoms with Crippen LogP contribution in [0.3, 0.4) is 0 Å². The minimum absolute atomic E-state index is 0.110. The Hall–Kier alpha value is -2.43. The van der Waals surface area contributed by atoms with Gasteiger partial charge < -0.3 is 19.8 Å². The number of benzene rings is 1. The molecule has 3 rings (SSSR count). The van der Waals surface area contributed by atoms with Crippen molar-refractivity contribution in [3.05, 3.63) is 40.8 Å². The minimum atomic E-state index is -0.110. The van der Waals surface area contributed by atoms with Crippen LogP contribution in [0.4, 0.5) is 5.69 Å². The van der Waals surface area contributed by atoms with Gasteiger partial charge in [0.05, 0.1) is 13.2 Å². The van der Waals surface area contributed by atoms with Gasteiger partial charge in [0.15, 0.2) is 0 Å². The van der Waals surface area contributed by atoms with Crippen LogP contribution >= 0.6 is 0 Å². The first-order valence-electron chi connectivity index (χ1n) is 7.94. The summed E-state index contributed by atoms with van der Waals surface area (Å²) < 4.78 is 13.2. The molecule has 0 spiro atoms. The van der Waals surface area contributed by atoms with E-state index in [0.717, 1.165) is 16.9 Å². The number of anilines is 1. The average Bonchev–Trinajstić information content (AvgIpc) is 3.34. The first-order chi connectivity index (χ1) is 11.1. The second-order valence-electron chi connectivity index (χ2n) is 5.94. The van der Waals surface area contributed by atoms with Crippen LogP contribution in [0.15, 0.2) is 35.3 Å². The summed E-state index contributed by atoms with van der Waals surface area (Å²) in [6.07, 6.45) is 4.23. The van der Waals surface area contributed by atoms with Crippen molar-refractivity contribution in [3.8, 4) is 22.6 Å². The van der Waals surface area contributed by atoms with E-state index in [4.69, 9.17) is 15.2 Å². The van der Waals surface area contributed by atoms with Crippen molar-refractivity contribution < 1.29 is 9.47 Å². The fourth-order valence-electron chi connectivity index (χ4n) is 2.47. The highest BCUT2D eigenvalue weighted by Gasteiger charge is 2.23. The molecule has 1 heterocycles. The molecule has 1 aromatic carbocycles. The maximum absolute atomic E-state index is 11.9. The van der Waals surface area contributed by atoms with Gasteiger partial charge in [-0.25, -0.2) is 0 Å². The lowest BCUT2D eigenvalue weighted by atomic mass is 10.0. The van der Waals surface area contributed by atoms with Crippen molar-refractivity contribution in [2.45, 2.75) is 19.8 Å². The largest absolute Gasteiger partial charge is 0.493 e. The Morgan fingerprint density at radius 2 is 1.96 bits per heavy atom. The van der Waals surface area contributed by atoms with E-state index < -0.39 is 0 Å². The summed E-state index contributed by atoms with van der Waals surface area (Å²) in [6.45, 7) is 3.10. The van der Waals surface area contributed by atoms with Crippen LogP contribution in [0, 0.1) is 5.92 Å². The molecule has 0 unspecified atom stereocenters. The Bertz CT molecular complexity index is 763. The molecule has 0 radical (unpaired) electrons. The van der Waals surface area contributed by atoms with Gasteiger partial charge in [0.2, 0.25) is 0 Å². The summed E-state index contributed by atoms with van der Waals surface area (Å²) in [5.41, 5.74) is 8.16. The number of nitrogen functional groups attached to an aromatic ring is 1. The quantitative estimate of drug-likeness (QED) is 0.833. The fraction of sp³-hybridized carbons (Fsp3) is 0.389. The van der Waals surface area contributed by atoms with Crippen LogP contribution in [-0.4, -0.2) is 17.8 Å². The molecule has 1 aliphatic carbocycles. The third-order valence-corrected chi connectivity index (χ3v) is 3.96. The van der Waals surface area contributed by atoms with Crippen molar-refractivity contribution >= 4 is 5.69 Å². The molecule has 2 N–H and O–H groups in total. The van der Waals surface area contributed by atoms with E-state index in [2.05, 4.69) is 0 Å². The van der Waals surface area contributed by atoms with Crippen molar-refractivity contribution in [2.75, 3.05) is 18.9 Å². The highest BCUT2D eigenvalue weighted by atomic mass is 16.5. The zero-order valence-electron chi connectivity index (χ0n) is 13.5. The topological polar surface area (TPSA) is 66.5 Å². The molecule has 1 saturated carbocycles. The molecule has 1 aliphatic rings. The molecule has 5 nitrogen and oxygen atoms in total. The zero-order valence-corrected chi connectivity index (χ0v) is 13.5. The van der Waals surface area contributed by atoms with Crippen LogP contribution in [0.5, 0.6) is 11.5 Å². The summed E-state index contributed by atoms with van der Waals surface area (Å²) in [4.78, 5) is 11.9. The molecule has 0 bridgehead atoms. The van der Waals surface area contributed by atoms with E-state index in [0.29, 0.717) is 30.6 Å². The molecule has 122 valence electrons. The highest BCUT2D eigenvalue weighted by molar-refractivity contribution is 5.77. The lowest BCUT2D eigenvalue weighted by molar-refractivity contribution is 0.300. The van der Waals surface area contributed by atoms with Crippen LogP contribution in [0.2, 0.25) is 0 Å². The summed E-state index contributed by atoms with van der Waals surface area (Å²) in [5.74, 6) is 1.98. The van der Waals surface area contributed by atoms with Crippen molar-refractivity contribution in [1.29, 1.82) is 0 Å². The number of hydrogen-bond acceptors (Lipinski definition) is 4. The molecular weight excluding hydrogens is 292 g/mol. The summed E-state index contributed by atoms with van der Waals surface area (Å²) in [6, 6.07) is 7.08. The predicted octanol–water partition coefficient (Wildman–Crippen LogP) is 2.82. The van der Waals surface area contributed by atoms with Gasteiger partial charge in [0.25, 0.3) is 5.56 Å². The zero-order chi connectivity index (χ0) is 16.4. The summed E-state index contributed by atoms with van der Waals surface area (Å²) in [5, 5.41) is 0. The summed E-state index contributed by atoms with van der Waals surface area (Å²) >= 11 is 0. The van der Waals surface area contributed by atoms with Crippen LogP contribution in [-0.2, 0) is 7.05 Å². The SMILES string of the molecule is CCOc1cc(=O)n(C)cc1-c1cc(N)ccc1OCC1CC1. The van der Waals surface area contributed by atoms with E-state index in [1.54, 1.807) is 13.2 Å². The van der Waals surface area contributed by atoms with E-state index in [-0.39, 0.29) is 5.56 Å². The smallest absolute Gasteiger partial charge is 0.254 e. The number of rotatable bonds is 6. The van der Waals surface area contributed by atoms with E-state index in [9.17, 15) is 4.79 Å². The van der Waals surface area contributed by atoms with Crippen LogP contribution in [0.25, 0.3) is 11.1 Å². The molecule has 0 aliphatic heterocycles. The van der Waals surface area contributed by atoms with Gasteiger partial charge in [-0.3, -0.25) is 4.79 Å². The Balaban J connectivity index is 2.06. The molecule has 2 aromatic rings. The lowest BCUT2D eigenvalue weighted by Crippen LogP contribution is -2.16. The van der Waals surface area contributed by atoms with Gasteiger partial charge in [0, 0.05) is 36.1 Å². The number of nitrogens with two attached hydrogens (primary N) is 1. The number of ether oxygens (including phenoxy) is 2. The van der Waals surface area contributed by atoms with Crippen LogP contribution < -0.4 is 20.8 Å². The van der Waals surface area contributed by atoms with Gasteiger partial charge in [-0.1, -0.05) is 0 Å². The van der Waals surface area contributed by atoms with Crippen molar-refractivity contribution in [3.63, 3.8) is 0 Å². The lowest BCUT2D eigenvalue weighted by Gasteiger charge is -2.16. The molecule has 1 aromatic heterocycles. The van der Waals surface area contributed by atoms with Crippen LogP contribution in [0.1, 0.15) is 19.8 Å². The first-order valence-corrected chi connectivity index (χ1v) is 7.94. The third kappa shape index (κ3) is 3.50. The van der Waals surface area contributed by atoms with Gasteiger partial charge in [-0.15, -0.1) is 0 Å². The fourth-order valence-corrected chi connectivity index (χ4v) is 2.47. The van der Waals surface area contributed by atoms with E-state index >= 15 is 0 Å². The van der Waals surface area contributed by atoms with Gasteiger partial charge in [0.1, 0.15) is 11.5 Å². The number of aromatic nitrogens is 1. The Morgan fingerprint density at radius 1 is 1.17 bits per heavy atom. The number of hydrogen-bond donors (Lipinski definition) is 1. The van der Waals surface area contributed by atoms with Crippen molar-refractivity contribution in [2.24, 2.45) is 13.0 Å². The normalized spacial score (nSPS) is 13.8. The maximum atomic E-state index is 11.9. The Kier molecular flexibility index (Phi) is 4.28. The molecule has 0 amide bonds.